The molecule has 1 aromatic heterocycles. The van der Waals surface area contributed by atoms with Crippen molar-refractivity contribution >= 4 is 33.5 Å². The van der Waals surface area contributed by atoms with Crippen LogP contribution < -0.4 is 9.47 Å². The minimum absolute atomic E-state index is 0.0523. The Bertz CT molecular complexity index is 1400. The summed E-state index contributed by atoms with van der Waals surface area (Å²) in [6.45, 7) is 5.43. The summed E-state index contributed by atoms with van der Waals surface area (Å²) in [4.78, 5) is 12.5. The number of alkyl halides is 2. The topological polar surface area (TPSA) is 44.8 Å². The van der Waals surface area contributed by atoms with Crippen molar-refractivity contribution in [1.29, 1.82) is 0 Å². The highest BCUT2D eigenvalue weighted by molar-refractivity contribution is 7.22. The zero-order valence-electron chi connectivity index (χ0n) is 20.4. The molecule has 4 aromatic rings. The van der Waals surface area contributed by atoms with E-state index in [9.17, 15) is 13.6 Å². The van der Waals surface area contributed by atoms with Gasteiger partial charge in [-0.3, -0.25) is 0 Å². The van der Waals surface area contributed by atoms with Crippen molar-refractivity contribution in [3.63, 3.8) is 0 Å². The molecule has 0 bridgehead atoms. The Balaban J connectivity index is 1.68. The first-order chi connectivity index (χ1) is 17.1. The van der Waals surface area contributed by atoms with E-state index in [0.717, 1.165) is 15.6 Å². The van der Waals surface area contributed by atoms with Crippen LogP contribution in [-0.2, 0) is 9.53 Å². The van der Waals surface area contributed by atoms with Crippen molar-refractivity contribution in [2.24, 2.45) is 0 Å². The lowest BCUT2D eigenvalue weighted by atomic mass is 10.0. The lowest BCUT2D eigenvalue weighted by molar-refractivity contribution is -0.148. The molecule has 7 heteroatoms. The molecule has 0 aliphatic rings. The van der Waals surface area contributed by atoms with Gasteiger partial charge in [0.1, 0.15) is 17.1 Å². The Hall–Kier alpha value is -3.71. The van der Waals surface area contributed by atoms with Crippen molar-refractivity contribution in [2.75, 3.05) is 7.11 Å². The van der Waals surface area contributed by atoms with Gasteiger partial charge >= 0.3 is 5.97 Å². The molecule has 0 aliphatic carbocycles. The number of benzene rings is 3. The normalized spacial score (nSPS) is 11.9. The van der Waals surface area contributed by atoms with E-state index >= 15 is 0 Å². The van der Waals surface area contributed by atoms with Gasteiger partial charge in [-0.1, -0.05) is 36.4 Å². The average Bonchev–Trinajstić information content (AvgIpc) is 3.19. The molecule has 36 heavy (non-hydrogen) atoms. The molecule has 4 rings (SSSR count). The molecule has 0 N–H and O–H groups in total. The fourth-order valence-electron chi connectivity index (χ4n) is 3.62. The summed E-state index contributed by atoms with van der Waals surface area (Å²) >= 11 is 1.38. The summed E-state index contributed by atoms with van der Waals surface area (Å²) in [5, 5.41) is 0.800. The molecule has 4 nitrogen and oxygen atoms in total. The molecule has 0 unspecified atom stereocenters. The number of carbonyl (C=O) groups is 1. The third kappa shape index (κ3) is 5.91. The highest BCUT2D eigenvalue weighted by Crippen LogP contribution is 2.49. The van der Waals surface area contributed by atoms with Crippen LogP contribution in [0, 0.1) is 0 Å². The number of hydrogen-bond donors (Lipinski definition) is 0. The van der Waals surface area contributed by atoms with Crippen molar-refractivity contribution < 1.29 is 27.8 Å². The van der Waals surface area contributed by atoms with Crippen LogP contribution in [0.2, 0.25) is 0 Å². The maximum absolute atomic E-state index is 13.8. The van der Waals surface area contributed by atoms with E-state index < -0.39 is 18.0 Å². The maximum atomic E-state index is 13.8. The molecule has 0 atom stereocenters. The molecule has 3 aromatic carbocycles. The second-order valence-electron chi connectivity index (χ2n) is 9.05. The molecule has 0 spiro atoms. The Morgan fingerprint density at radius 1 is 0.972 bits per heavy atom. The summed E-state index contributed by atoms with van der Waals surface area (Å²) in [6, 6.07) is 19.2. The number of fused-ring (bicyclic) bond motifs is 1. The van der Waals surface area contributed by atoms with Gasteiger partial charge in [0.2, 0.25) is 0 Å². The van der Waals surface area contributed by atoms with Crippen LogP contribution in [0.5, 0.6) is 17.2 Å². The number of ether oxygens (including phenoxy) is 3. The van der Waals surface area contributed by atoms with Crippen LogP contribution in [0.15, 0.2) is 72.8 Å². The molecule has 1 heterocycles. The predicted molar refractivity (Wildman–Crippen MR) is 140 cm³/mol. The largest absolute Gasteiger partial charge is 0.497 e. The summed E-state index contributed by atoms with van der Waals surface area (Å²) in [5.74, 6) is 1.29. The van der Waals surface area contributed by atoms with Gasteiger partial charge in [-0.15, -0.1) is 11.3 Å². The van der Waals surface area contributed by atoms with Gasteiger partial charge in [-0.2, -0.15) is 0 Å². The van der Waals surface area contributed by atoms with Gasteiger partial charge in [-0.25, -0.2) is 13.6 Å². The van der Waals surface area contributed by atoms with E-state index in [-0.39, 0.29) is 5.56 Å². The fraction of sp³-hybridized carbons (Fsp3) is 0.207. The lowest BCUT2D eigenvalue weighted by Crippen LogP contribution is -2.22. The maximum Gasteiger partial charge on any atom is 0.331 e. The van der Waals surface area contributed by atoms with E-state index in [1.807, 2.05) is 39.0 Å². The molecule has 0 fully saturated rings. The molecular weight excluding hydrogens is 482 g/mol. The van der Waals surface area contributed by atoms with Crippen LogP contribution in [0.3, 0.4) is 0 Å². The first kappa shape index (κ1) is 25.4. The quantitative estimate of drug-likeness (QED) is 0.185. The minimum atomic E-state index is -2.62. The molecule has 0 saturated heterocycles. The second kappa shape index (κ2) is 10.5. The van der Waals surface area contributed by atoms with E-state index in [1.54, 1.807) is 55.7 Å². The number of methoxy groups -OCH3 is 1. The minimum Gasteiger partial charge on any atom is -0.497 e. The van der Waals surface area contributed by atoms with Gasteiger partial charge in [0.15, 0.2) is 5.75 Å². The van der Waals surface area contributed by atoms with Gasteiger partial charge in [0.05, 0.1) is 12.0 Å². The monoisotopic (exact) mass is 508 g/mol. The van der Waals surface area contributed by atoms with E-state index in [0.29, 0.717) is 27.7 Å². The zero-order valence-corrected chi connectivity index (χ0v) is 21.2. The first-order valence-electron chi connectivity index (χ1n) is 11.3. The Morgan fingerprint density at radius 2 is 1.67 bits per heavy atom. The van der Waals surface area contributed by atoms with Crippen LogP contribution in [0.25, 0.3) is 26.6 Å². The number of halogens is 2. The number of thiophene rings is 1. The summed E-state index contributed by atoms with van der Waals surface area (Å²) in [5.41, 5.74) is 0.604. The molecule has 0 amide bonds. The summed E-state index contributed by atoms with van der Waals surface area (Å²) in [7, 11) is 1.58. The predicted octanol–water partition coefficient (Wildman–Crippen LogP) is 8.66. The Labute approximate surface area is 212 Å². The van der Waals surface area contributed by atoms with Crippen molar-refractivity contribution in [3.05, 3.63) is 83.9 Å². The summed E-state index contributed by atoms with van der Waals surface area (Å²) in [6.07, 6.45) is 0.416. The first-order valence-corrected chi connectivity index (χ1v) is 12.1. The van der Waals surface area contributed by atoms with Gasteiger partial charge in [0, 0.05) is 27.3 Å². The zero-order chi connectivity index (χ0) is 25.9. The highest BCUT2D eigenvalue weighted by Gasteiger charge is 2.22. The van der Waals surface area contributed by atoms with Gasteiger partial charge in [0.25, 0.3) is 6.43 Å². The van der Waals surface area contributed by atoms with Crippen molar-refractivity contribution in [2.45, 2.75) is 32.8 Å². The van der Waals surface area contributed by atoms with Gasteiger partial charge in [-0.05, 0) is 62.7 Å². The van der Waals surface area contributed by atoms with E-state index in [4.69, 9.17) is 14.2 Å². The second-order valence-corrected chi connectivity index (χ2v) is 10.1. The Morgan fingerprint density at radius 3 is 2.33 bits per heavy atom. The van der Waals surface area contributed by atoms with Crippen molar-refractivity contribution in [3.8, 4) is 27.7 Å². The molecule has 0 aliphatic heterocycles. The van der Waals surface area contributed by atoms with Crippen LogP contribution in [-0.4, -0.2) is 18.7 Å². The van der Waals surface area contributed by atoms with Crippen molar-refractivity contribution in [1.82, 2.24) is 0 Å². The molecule has 186 valence electrons. The number of rotatable bonds is 7. The van der Waals surface area contributed by atoms with Gasteiger partial charge < -0.3 is 14.2 Å². The third-order valence-corrected chi connectivity index (χ3v) is 6.38. The van der Waals surface area contributed by atoms with Crippen LogP contribution in [0.1, 0.15) is 38.3 Å². The van der Waals surface area contributed by atoms with Crippen LogP contribution in [0.4, 0.5) is 8.78 Å². The Kier molecular flexibility index (Phi) is 7.40. The molecule has 0 saturated carbocycles. The number of esters is 1. The average molecular weight is 509 g/mol. The van der Waals surface area contributed by atoms with E-state index in [2.05, 4.69) is 0 Å². The number of carbonyl (C=O) groups excluding carboxylic acids is 1. The molecule has 0 radical (unpaired) electrons. The van der Waals surface area contributed by atoms with E-state index in [1.165, 1.54) is 23.5 Å². The SMILES string of the molecule is COc1ccc2c(Oc3ccc(C=CC(=O)OC(C)(C)C)cc3)c(-c3ccccc3C(F)F)sc2c1. The lowest BCUT2D eigenvalue weighted by Gasteiger charge is -2.17. The third-order valence-electron chi connectivity index (χ3n) is 5.21. The number of hydrogen-bond acceptors (Lipinski definition) is 5. The smallest absolute Gasteiger partial charge is 0.331 e. The fourth-order valence-corrected chi connectivity index (χ4v) is 4.82. The standard InChI is InChI=1S/C29H26F2O4S/c1-29(2,3)35-25(32)16-11-18-9-12-19(13-10-18)34-26-23-15-14-20(33-4)17-24(23)36-27(26)21-7-5-6-8-22(21)28(30)31/h5-17,28H,1-4H3. The highest BCUT2D eigenvalue weighted by atomic mass is 32.1. The van der Waals surface area contributed by atoms with Crippen LogP contribution >= 0.6 is 11.3 Å². The molecular formula is C29H26F2O4S. The summed E-state index contributed by atoms with van der Waals surface area (Å²) < 4.78 is 45.4.